The van der Waals surface area contributed by atoms with E-state index in [0.717, 1.165) is 17.2 Å². The lowest BCUT2D eigenvalue weighted by Gasteiger charge is -2.13. The molecule has 22 heavy (non-hydrogen) atoms. The molecule has 0 aromatic carbocycles. The summed E-state index contributed by atoms with van der Waals surface area (Å²) >= 11 is 1.23. The molecule has 1 amide bonds. The Morgan fingerprint density at radius 2 is 2.32 bits per heavy atom. The Morgan fingerprint density at radius 1 is 1.45 bits per heavy atom. The predicted octanol–water partition coefficient (Wildman–Crippen LogP) is 1.90. The van der Waals surface area contributed by atoms with Crippen molar-refractivity contribution in [3.8, 4) is 10.8 Å². The van der Waals surface area contributed by atoms with Crippen molar-refractivity contribution in [2.24, 2.45) is 0 Å². The third-order valence-corrected chi connectivity index (χ3v) is 3.83. The zero-order valence-electron chi connectivity index (χ0n) is 12.1. The molecule has 0 bridgehead atoms. The molecule has 0 saturated carbocycles. The Morgan fingerprint density at radius 3 is 3.05 bits per heavy atom. The third-order valence-electron chi connectivity index (χ3n) is 3.09. The molecule has 0 saturated heterocycles. The second-order valence-corrected chi connectivity index (χ2v) is 5.39. The fourth-order valence-electron chi connectivity index (χ4n) is 2.03. The van der Waals surface area contributed by atoms with Crippen LogP contribution in [0, 0.1) is 0 Å². The lowest BCUT2D eigenvalue weighted by atomic mass is 10.3. The van der Waals surface area contributed by atoms with Crippen LogP contribution in [-0.2, 0) is 6.54 Å². The molecule has 0 aliphatic carbocycles. The first kappa shape index (κ1) is 14.4. The number of aromatic nitrogens is 5. The summed E-state index contributed by atoms with van der Waals surface area (Å²) in [6.07, 6.45) is 5.21. The van der Waals surface area contributed by atoms with E-state index in [2.05, 4.69) is 24.9 Å². The van der Waals surface area contributed by atoms with Crippen LogP contribution in [0.3, 0.4) is 0 Å². The van der Waals surface area contributed by atoms with E-state index in [1.165, 1.54) is 11.5 Å². The van der Waals surface area contributed by atoms with Gasteiger partial charge in [0.1, 0.15) is 10.7 Å². The largest absolute Gasteiger partial charge is 0.411 e. The molecule has 3 rings (SSSR count). The number of imidazole rings is 1. The summed E-state index contributed by atoms with van der Waals surface area (Å²) < 4.78 is 11.3. The Hall–Kier alpha value is -2.55. The number of carbonyl (C=O) groups excluding carboxylic acids is 1. The highest BCUT2D eigenvalue weighted by atomic mass is 32.1. The standard InChI is InChI=1S/C13H14N6O2S/c1-3-19-7-6-14-10(19)8(2)16-11(20)13-18-17-12(21-13)9-4-5-15-22-9/h4-8H,3H2,1-2H3,(H,16,20). The van der Waals surface area contributed by atoms with E-state index < -0.39 is 5.91 Å². The Balaban J connectivity index is 1.72. The maximum absolute atomic E-state index is 12.2. The average molecular weight is 318 g/mol. The summed E-state index contributed by atoms with van der Waals surface area (Å²) in [5, 5.41) is 10.4. The molecular formula is C13H14N6O2S. The minimum atomic E-state index is -0.429. The number of nitrogens with one attached hydrogen (secondary N) is 1. The summed E-state index contributed by atoms with van der Waals surface area (Å²) in [6.45, 7) is 4.65. The first-order valence-corrected chi connectivity index (χ1v) is 7.52. The van der Waals surface area contributed by atoms with Crippen LogP contribution < -0.4 is 5.32 Å². The quantitative estimate of drug-likeness (QED) is 0.771. The van der Waals surface area contributed by atoms with E-state index in [-0.39, 0.29) is 17.8 Å². The van der Waals surface area contributed by atoms with E-state index in [1.54, 1.807) is 18.5 Å². The van der Waals surface area contributed by atoms with Crippen molar-refractivity contribution in [1.82, 2.24) is 29.4 Å². The zero-order chi connectivity index (χ0) is 15.5. The molecule has 114 valence electrons. The summed E-state index contributed by atoms with van der Waals surface area (Å²) in [5.74, 6) is 0.555. The van der Waals surface area contributed by atoms with E-state index >= 15 is 0 Å². The van der Waals surface area contributed by atoms with Crippen LogP contribution in [0.25, 0.3) is 10.8 Å². The molecule has 1 unspecified atom stereocenters. The third kappa shape index (κ3) is 2.75. The van der Waals surface area contributed by atoms with Gasteiger partial charge in [0, 0.05) is 25.1 Å². The number of hydrogen-bond acceptors (Lipinski definition) is 7. The highest BCUT2D eigenvalue weighted by Gasteiger charge is 2.20. The Bertz CT molecular complexity index is 763. The van der Waals surface area contributed by atoms with Crippen molar-refractivity contribution >= 4 is 17.4 Å². The van der Waals surface area contributed by atoms with E-state index in [9.17, 15) is 4.79 Å². The van der Waals surface area contributed by atoms with Gasteiger partial charge in [0.05, 0.1) is 6.04 Å². The Labute approximate surface area is 130 Å². The van der Waals surface area contributed by atoms with Crippen molar-refractivity contribution in [2.75, 3.05) is 0 Å². The normalized spacial score (nSPS) is 12.3. The van der Waals surface area contributed by atoms with Crippen molar-refractivity contribution in [1.29, 1.82) is 0 Å². The van der Waals surface area contributed by atoms with Crippen LogP contribution in [0.1, 0.15) is 36.4 Å². The molecule has 0 spiro atoms. The molecule has 0 aliphatic heterocycles. The molecule has 0 radical (unpaired) electrons. The number of nitrogens with zero attached hydrogens (tertiary/aromatic N) is 5. The van der Waals surface area contributed by atoms with E-state index in [0.29, 0.717) is 0 Å². The van der Waals surface area contributed by atoms with Crippen molar-refractivity contribution in [3.63, 3.8) is 0 Å². The van der Waals surface area contributed by atoms with Gasteiger partial charge in [0.15, 0.2) is 0 Å². The van der Waals surface area contributed by atoms with Gasteiger partial charge < -0.3 is 14.3 Å². The summed E-state index contributed by atoms with van der Waals surface area (Å²) in [4.78, 5) is 17.2. The van der Waals surface area contributed by atoms with E-state index in [4.69, 9.17) is 4.42 Å². The monoisotopic (exact) mass is 318 g/mol. The molecule has 0 aliphatic rings. The molecule has 3 aromatic rings. The van der Waals surface area contributed by atoms with Gasteiger partial charge in [-0.05, 0) is 31.4 Å². The fraction of sp³-hybridized carbons (Fsp3) is 0.308. The zero-order valence-corrected chi connectivity index (χ0v) is 12.9. The van der Waals surface area contributed by atoms with Crippen LogP contribution in [0.5, 0.6) is 0 Å². The Kier molecular flexibility index (Phi) is 3.96. The van der Waals surface area contributed by atoms with Crippen molar-refractivity contribution in [3.05, 3.63) is 36.4 Å². The first-order valence-electron chi connectivity index (χ1n) is 6.75. The maximum Gasteiger partial charge on any atom is 0.309 e. The van der Waals surface area contributed by atoms with Gasteiger partial charge in [-0.1, -0.05) is 0 Å². The second-order valence-electron chi connectivity index (χ2n) is 4.56. The molecular weight excluding hydrogens is 304 g/mol. The first-order chi connectivity index (χ1) is 10.7. The molecule has 1 atom stereocenters. The summed E-state index contributed by atoms with van der Waals surface area (Å²) in [7, 11) is 0. The molecule has 3 heterocycles. The van der Waals surface area contributed by atoms with Crippen LogP contribution in [0.4, 0.5) is 0 Å². The van der Waals surface area contributed by atoms with Gasteiger partial charge in [0.25, 0.3) is 5.89 Å². The number of carbonyl (C=O) groups is 1. The second kappa shape index (κ2) is 6.06. The molecule has 1 N–H and O–H groups in total. The molecule has 8 nitrogen and oxygen atoms in total. The van der Waals surface area contributed by atoms with Gasteiger partial charge >= 0.3 is 11.8 Å². The fourth-order valence-corrected chi connectivity index (χ4v) is 2.55. The lowest BCUT2D eigenvalue weighted by molar-refractivity contribution is 0.0903. The predicted molar refractivity (Wildman–Crippen MR) is 79.2 cm³/mol. The van der Waals surface area contributed by atoms with Gasteiger partial charge in [0.2, 0.25) is 0 Å². The van der Waals surface area contributed by atoms with Crippen molar-refractivity contribution in [2.45, 2.75) is 26.4 Å². The smallest absolute Gasteiger partial charge is 0.309 e. The van der Waals surface area contributed by atoms with Crippen molar-refractivity contribution < 1.29 is 9.21 Å². The van der Waals surface area contributed by atoms with Crippen LogP contribution in [0.15, 0.2) is 29.1 Å². The minimum Gasteiger partial charge on any atom is -0.411 e. The van der Waals surface area contributed by atoms with E-state index in [1.807, 2.05) is 24.6 Å². The number of rotatable bonds is 5. The van der Waals surface area contributed by atoms with Gasteiger partial charge in [-0.3, -0.25) is 4.79 Å². The van der Waals surface area contributed by atoms with Gasteiger partial charge in [-0.25, -0.2) is 9.36 Å². The summed E-state index contributed by atoms with van der Waals surface area (Å²) in [6, 6.07) is 1.49. The number of aryl methyl sites for hydroxylation is 1. The molecule has 0 fully saturated rings. The SMILES string of the molecule is CCn1ccnc1C(C)NC(=O)c1nnc(-c2ccns2)o1. The van der Waals surface area contributed by atoms with Crippen LogP contribution in [0.2, 0.25) is 0 Å². The number of hydrogen-bond donors (Lipinski definition) is 1. The van der Waals surface area contributed by atoms with Gasteiger partial charge in [-0.15, -0.1) is 10.2 Å². The highest BCUT2D eigenvalue weighted by molar-refractivity contribution is 7.09. The van der Waals surface area contributed by atoms with Gasteiger partial charge in [-0.2, -0.15) is 0 Å². The maximum atomic E-state index is 12.2. The van der Waals surface area contributed by atoms with Crippen LogP contribution in [-0.4, -0.2) is 30.0 Å². The van der Waals surface area contributed by atoms with Crippen LogP contribution >= 0.6 is 11.5 Å². The average Bonchev–Trinajstić information content (AvgIpc) is 3.25. The highest BCUT2D eigenvalue weighted by Crippen LogP contribution is 2.21. The summed E-state index contributed by atoms with van der Waals surface area (Å²) in [5.41, 5.74) is 0. The minimum absolute atomic E-state index is 0.0788. The number of amides is 1. The molecule has 3 aromatic heterocycles. The lowest BCUT2D eigenvalue weighted by Crippen LogP contribution is -2.28. The molecule has 9 heteroatoms. The topological polar surface area (TPSA) is 98.7 Å².